The van der Waals surface area contributed by atoms with Gasteiger partial charge in [0.05, 0.1) is 12.7 Å². The minimum atomic E-state index is -0.504. The number of methoxy groups -OCH3 is 1. The summed E-state index contributed by atoms with van der Waals surface area (Å²) in [6.07, 6.45) is 1.83. The van der Waals surface area contributed by atoms with Crippen LogP contribution in [-0.2, 0) is 10.3 Å². The van der Waals surface area contributed by atoms with E-state index in [0.717, 1.165) is 12.8 Å². The van der Waals surface area contributed by atoms with Crippen molar-refractivity contribution in [2.45, 2.75) is 25.4 Å². The van der Waals surface area contributed by atoms with E-state index in [-0.39, 0.29) is 11.6 Å². The van der Waals surface area contributed by atoms with Gasteiger partial charge >= 0.3 is 0 Å². The molecule has 0 radical (unpaired) electrons. The number of aromatic nitrogens is 2. The second kappa shape index (κ2) is 4.79. The fourth-order valence-corrected chi connectivity index (χ4v) is 2.32. The molecule has 2 heterocycles. The highest BCUT2D eigenvalue weighted by Crippen LogP contribution is 2.36. The Hall–Kier alpha value is -2.08. The van der Waals surface area contributed by atoms with E-state index in [2.05, 4.69) is 10.1 Å². The summed E-state index contributed by atoms with van der Waals surface area (Å²) in [5.74, 6) is 1.44. The van der Waals surface area contributed by atoms with Gasteiger partial charge in [0.25, 0.3) is 5.89 Å². The van der Waals surface area contributed by atoms with Gasteiger partial charge in [-0.25, -0.2) is 0 Å². The van der Waals surface area contributed by atoms with Crippen LogP contribution in [0.5, 0.6) is 11.5 Å². The van der Waals surface area contributed by atoms with Crippen molar-refractivity contribution >= 4 is 0 Å². The molecule has 20 heavy (non-hydrogen) atoms. The third kappa shape index (κ3) is 2.12. The molecule has 6 nitrogen and oxygen atoms in total. The van der Waals surface area contributed by atoms with E-state index >= 15 is 0 Å². The Morgan fingerprint density at radius 3 is 2.95 bits per heavy atom. The van der Waals surface area contributed by atoms with Gasteiger partial charge in [-0.1, -0.05) is 5.16 Å². The third-order valence-corrected chi connectivity index (χ3v) is 3.55. The Bertz CT molecular complexity index is 617. The van der Waals surface area contributed by atoms with Crippen molar-refractivity contribution in [3.8, 4) is 23.0 Å². The molecule has 1 unspecified atom stereocenters. The average Bonchev–Trinajstić information content (AvgIpc) is 3.09. The van der Waals surface area contributed by atoms with Gasteiger partial charge in [-0.05, 0) is 38.0 Å². The summed E-state index contributed by atoms with van der Waals surface area (Å²) in [5, 5.41) is 13.9. The van der Waals surface area contributed by atoms with Gasteiger partial charge in [-0.3, -0.25) is 0 Å². The number of hydrogen-bond acceptors (Lipinski definition) is 6. The molecule has 6 heteroatoms. The highest BCUT2D eigenvalue weighted by Gasteiger charge is 2.37. The molecule has 1 aromatic heterocycles. The first-order valence-electron chi connectivity index (χ1n) is 6.48. The van der Waals surface area contributed by atoms with Gasteiger partial charge in [0.1, 0.15) is 17.1 Å². The zero-order valence-electron chi connectivity index (χ0n) is 11.4. The molecule has 1 N–H and O–H groups in total. The van der Waals surface area contributed by atoms with Crippen LogP contribution in [0, 0.1) is 0 Å². The Labute approximate surface area is 116 Å². The number of phenols is 1. The van der Waals surface area contributed by atoms with Crippen LogP contribution in [-0.4, -0.2) is 29.0 Å². The first-order valence-corrected chi connectivity index (χ1v) is 6.48. The molecule has 3 rings (SSSR count). The number of ether oxygens (including phenoxy) is 2. The number of hydrogen-bond donors (Lipinski definition) is 1. The van der Waals surface area contributed by atoms with Gasteiger partial charge in [-0.15, -0.1) is 0 Å². The minimum Gasteiger partial charge on any atom is -0.507 e. The van der Waals surface area contributed by atoms with Crippen molar-refractivity contribution in [1.29, 1.82) is 0 Å². The van der Waals surface area contributed by atoms with E-state index in [1.807, 2.05) is 6.92 Å². The van der Waals surface area contributed by atoms with Crippen LogP contribution in [0.1, 0.15) is 25.6 Å². The standard InChI is InChI=1S/C14H16N2O4/c1-14(6-3-7-19-14)13-15-12(20-16-13)10-8-9(18-2)4-5-11(10)17/h4-5,8,17H,3,6-7H2,1-2H3. The third-order valence-electron chi connectivity index (χ3n) is 3.55. The van der Waals surface area contributed by atoms with Crippen molar-refractivity contribution in [2.24, 2.45) is 0 Å². The van der Waals surface area contributed by atoms with Crippen LogP contribution in [0.25, 0.3) is 11.5 Å². The molecule has 0 amide bonds. The van der Waals surface area contributed by atoms with Crippen molar-refractivity contribution in [3.63, 3.8) is 0 Å². The maximum atomic E-state index is 9.91. The summed E-state index contributed by atoms with van der Waals surface area (Å²) in [6.45, 7) is 2.64. The second-order valence-corrected chi connectivity index (χ2v) is 4.99. The molecule has 1 atom stereocenters. The maximum Gasteiger partial charge on any atom is 0.261 e. The van der Waals surface area contributed by atoms with Gasteiger partial charge < -0.3 is 19.1 Å². The number of phenolic OH excluding ortho intramolecular Hbond substituents is 1. The first kappa shape index (κ1) is 12.9. The molecule has 1 aromatic carbocycles. The molecular weight excluding hydrogens is 260 g/mol. The number of benzene rings is 1. The quantitative estimate of drug-likeness (QED) is 0.928. The van der Waals surface area contributed by atoms with Gasteiger partial charge in [0.2, 0.25) is 5.82 Å². The Morgan fingerprint density at radius 1 is 1.40 bits per heavy atom. The van der Waals surface area contributed by atoms with Crippen molar-refractivity contribution < 1.29 is 19.1 Å². The molecule has 106 valence electrons. The van der Waals surface area contributed by atoms with Crippen LogP contribution >= 0.6 is 0 Å². The van der Waals surface area contributed by atoms with E-state index in [0.29, 0.717) is 23.7 Å². The highest BCUT2D eigenvalue weighted by atomic mass is 16.5. The van der Waals surface area contributed by atoms with E-state index < -0.39 is 5.60 Å². The van der Waals surface area contributed by atoms with Crippen LogP contribution in [0.3, 0.4) is 0 Å². The van der Waals surface area contributed by atoms with Gasteiger partial charge in [0.15, 0.2) is 0 Å². The zero-order chi connectivity index (χ0) is 14.2. The van der Waals surface area contributed by atoms with E-state index in [4.69, 9.17) is 14.0 Å². The fraction of sp³-hybridized carbons (Fsp3) is 0.429. The SMILES string of the molecule is COc1ccc(O)c(-c2nc(C3(C)CCCO3)no2)c1. The molecule has 1 saturated heterocycles. The summed E-state index contributed by atoms with van der Waals surface area (Å²) in [4.78, 5) is 4.35. The highest BCUT2D eigenvalue weighted by molar-refractivity contribution is 5.64. The van der Waals surface area contributed by atoms with Crippen LogP contribution in [0.4, 0.5) is 0 Å². The Morgan fingerprint density at radius 2 is 2.25 bits per heavy atom. The second-order valence-electron chi connectivity index (χ2n) is 4.99. The lowest BCUT2D eigenvalue weighted by Gasteiger charge is -2.17. The first-order chi connectivity index (χ1) is 9.62. The summed E-state index contributed by atoms with van der Waals surface area (Å²) in [5.41, 5.74) is -0.0549. The number of nitrogens with zero attached hydrogens (tertiary/aromatic N) is 2. The average molecular weight is 276 g/mol. The van der Waals surface area contributed by atoms with Crippen LogP contribution in [0.15, 0.2) is 22.7 Å². The van der Waals surface area contributed by atoms with Crippen LogP contribution in [0.2, 0.25) is 0 Å². The monoisotopic (exact) mass is 276 g/mol. The Kier molecular flexibility index (Phi) is 3.10. The summed E-state index contributed by atoms with van der Waals surface area (Å²) < 4.78 is 16.1. The van der Waals surface area contributed by atoms with Crippen molar-refractivity contribution in [3.05, 3.63) is 24.0 Å². The normalized spacial score (nSPS) is 22.1. The molecule has 1 fully saturated rings. The van der Waals surface area contributed by atoms with E-state index in [1.165, 1.54) is 6.07 Å². The van der Waals surface area contributed by atoms with Crippen molar-refractivity contribution in [2.75, 3.05) is 13.7 Å². The molecule has 0 saturated carbocycles. The zero-order valence-corrected chi connectivity index (χ0v) is 11.4. The molecule has 0 bridgehead atoms. The molecule has 0 spiro atoms. The molecule has 2 aromatic rings. The summed E-state index contributed by atoms with van der Waals surface area (Å²) >= 11 is 0. The lowest BCUT2D eigenvalue weighted by molar-refractivity contribution is 0.00768. The maximum absolute atomic E-state index is 9.91. The lowest BCUT2D eigenvalue weighted by Crippen LogP contribution is -2.21. The predicted octanol–water partition coefficient (Wildman–Crippen LogP) is 2.48. The lowest BCUT2D eigenvalue weighted by atomic mass is 10.0. The van der Waals surface area contributed by atoms with Gasteiger partial charge in [0, 0.05) is 6.61 Å². The molecule has 1 aliphatic heterocycles. The topological polar surface area (TPSA) is 77.6 Å². The van der Waals surface area contributed by atoms with Gasteiger partial charge in [-0.2, -0.15) is 4.98 Å². The predicted molar refractivity (Wildman–Crippen MR) is 70.5 cm³/mol. The van der Waals surface area contributed by atoms with Crippen molar-refractivity contribution in [1.82, 2.24) is 10.1 Å². The van der Waals surface area contributed by atoms with Crippen LogP contribution < -0.4 is 4.74 Å². The fourth-order valence-electron chi connectivity index (χ4n) is 2.32. The van der Waals surface area contributed by atoms with E-state index in [9.17, 15) is 5.11 Å². The van der Waals surface area contributed by atoms with E-state index in [1.54, 1.807) is 19.2 Å². The largest absolute Gasteiger partial charge is 0.507 e. The molecule has 0 aliphatic carbocycles. The number of aromatic hydroxyl groups is 1. The Balaban J connectivity index is 1.98. The minimum absolute atomic E-state index is 0.0680. The molecular formula is C14H16N2O4. The smallest absolute Gasteiger partial charge is 0.261 e. The summed E-state index contributed by atoms with van der Waals surface area (Å²) in [6, 6.07) is 4.85. The number of rotatable bonds is 3. The molecule has 1 aliphatic rings. The summed E-state index contributed by atoms with van der Waals surface area (Å²) in [7, 11) is 1.56.